The SMILES string of the molecule is [2H]c1c([2H])c2c(c([2H])c1-c1cccc(-c3c([2H])c([2H])c4c(c3[2H])C(C([2H])([2H])[2H])(C([2H])([2H])[2H])C([2H])([2H])C([2H])([2H])C4(C([2H])([2H])[2H])C([2H])([2H])[2H])c1-[n+]1[c-]n(-c3[c-]c(N(c4[c-]c5c(cc4)c4ccccc4n5-c4cc(C(C)(C)C)ccn4)c4ccccc4)ccc3)c3ccccc31)C(C([2H])([2H])[2H])(C([2H])([2H])[2H])C([2H])([2H])C([2H])([2H])C2(C([2H])([2H])[2H])C([2H])([2H])[2H].[Pt]. The van der Waals surface area contributed by atoms with Gasteiger partial charge in [0.25, 0.3) is 6.33 Å². The van der Waals surface area contributed by atoms with Crippen molar-refractivity contribution in [1.29, 1.82) is 0 Å². The van der Waals surface area contributed by atoms with Crippen LogP contribution in [0.2, 0.25) is 0 Å². The second-order valence-electron chi connectivity index (χ2n) is 20.7. The van der Waals surface area contributed by atoms with Gasteiger partial charge in [0, 0.05) is 82.3 Å². The molecule has 5 nitrogen and oxygen atoms in total. The summed E-state index contributed by atoms with van der Waals surface area (Å²) in [5.41, 5.74) is -28.4. The van der Waals surface area contributed by atoms with Gasteiger partial charge in [-0.3, -0.25) is 4.57 Å². The van der Waals surface area contributed by atoms with E-state index in [0.717, 1.165) is 44.6 Å². The Labute approximate surface area is 541 Å². The summed E-state index contributed by atoms with van der Waals surface area (Å²) in [7, 11) is 0. The Balaban J connectivity index is 0.0000128. The summed E-state index contributed by atoms with van der Waals surface area (Å²) < 4.78 is 359. The fraction of sp³-hybridized carbons (Fsp3) is 0.270. The third-order valence-corrected chi connectivity index (χ3v) is 14.3. The quantitative estimate of drug-likeness (QED) is 0.112. The first-order valence-electron chi connectivity index (χ1n) is 44.1. The van der Waals surface area contributed by atoms with E-state index < -0.39 is 188 Å². The van der Waals surface area contributed by atoms with Crippen LogP contribution in [-0.2, 0) is 48.1 Å². The molecule has 2 aliphatic rings. The van der Waals surface area contributed by atoms with E-state index in [1.165, 1.54) is 34.9 Å². The van der Waals surface area contributed by atoms with Crippen molar-refractivity contribution < 1.29 is 77.7 Å². The fourth-order valence-corrected chi connectivity index (χ4v) is 10.4. The molecule has 0 aliphatic heterocycles. The van der Waals surface area contributed by atoms with E-state index in [4.69, 9.17) is 37.9 Å². The molecule has 0 atom stereocenters. The number of benzene rings is 8. The predicted molar refractivity (Wildman–Crippen MR) is 328 cm³/mol. The van der Waals surface area contributed by atoms with Gasteiger partial charge in [0.2, 0.25) is 0 Å². The molecule has 80 heavy (non-hydrogen) atoms. The standard InChI is InChI=1S/C74H71N5.Pt/c1-70(2,3)51-37-42-75-68(45-51)79-64-28-16-15-25-58(64)59-34-33-55(47-67(59)79)78(52-21-13-12-14-22-52)54-24-19-23-53(46-54)76-48-77(66-30-18-17-29-65(66)76)69-56(49-31-35-60-62(43-49)73(8,9)40-38-71(60,4)5)26-20-27-57(69)50-32-36-61-63(44-50)74(10,11)41-39-72(61,6)7;/h12-37,42-45H,38-41H2,1-11H3;/q-2;/i4D3,5D3,6D3,7D3,8D3,9D3,10D3,11D3,31D,32D,35D,36D,38D2,39D2,40D2,41D2,43D,44D;. The van der Waals surface area contributed by atoms with Crippen molar-refractivity contribution in [2.45, 2.75) is 128 Å². The zero-order chi connectivity index (χ0) is 87.2. The third-order valence-electron chi connectivity index (χ3n) is 14.3. The van der Waals surface area contributed by atoms with Gasteiger partial charge in [0.1, 0.15) is 5.82 Å². The average molecular weight is 1260 g/mol. The molecule has 0 amide bonds. The summed E-state index contributed by atoms with van der Waals surface area (Å²) in [5, 5.41) is 1.66. The summed E-state index contributed by atoms with van der Waals surface area (Å²) in [4.78, 5) is 6.65. The number of para-hydroxylation sites is 5. The Bertz CT molecular complexity index is 5650. The molecule has 3 heterocycles. The van der Waals surface area contributed by atoms with Crippen LogP contribution in [0.1, 0.15) is 181 Å². The van der Waals surface area contributed by atoms with Crippen LogP contribution in [0.3, 0.4) is 0 Å². The molecular formula is C74H71N5Pt-2. The Hall–Kier alpha value is -7.33. The van der Waals surface area contributed by atoms with Crippen molar-refractivity contribution in [2.75, 3.05) is 4.90 Å². The zero-order valence-electron chi connectivity index (χ0n) is 80.9. The molecule has 0 bridgehead atoms. The van der Waals surface area contributed by atoms with Gasteiger partial charge in [-0.1, -0.05) is 208 Å². The van der Waals surface area contributed by atoms with Crippen molar-refractivity contribution in [3.05, 3.63) is 228 Å². The smallest absolute Gasteiger partial charge is 0.268 e. The Morgan fingerprint density at radius 1 is 0.588 bits per heavy atom. The van der Waals surface area contributed by atoms with Gasteiger partial charge in [-0.2, -0.15) is 24.3 Å². The molecule has 13 rings (SSSR count). The second kappa shape index (κ2) is 19.4. The molecule has 0 N–H and O–H groups in total. The number of rotatable bonds is 8. The predicted octanol–water partition coefficient (Wildman–Crippen LogP) is 18.6. The zero-order valence-corrected chi connectivity index (χ0v) is 45.2. The Morgan fingerprint density at radius 2 is 1.16 bits per heavy atom. The maximum Gasteiger partial charge on any atom is 0.268 e. The molecule has 0 saturated carbocycles. The second-order valence-corrected chi connectivity index (χ2v) is 20.7. The summed E-state index contributed by atoms with van der Waals surface area (Å²) in [5.74, 6) is 0.579. The number of fused-ring (bicyclic) bond motifs is 6. The van der Waals surface area contributed by atoms with Crippen LogP contribution in [0.4, 0.5) is 17.1 Å². The summed E-state index contributed by atoms with van der Waals surface area (Å²) in [6.07, 6.45) is -14.5. The van der Waals surface area contributed by atoms with Gasteiger partial charge in [-0.05, 0) is 144 Å². The summed E-state index contributed by atoms with van der Waals surface area (Å²) in [6.45, 7) is -30.2. The van der Waals surface area contributed by atoms with Gasteiger partial charge in [0.15, 0.2) is 0 Å². The van der Waals surface area contributed by atoms with Crippen molar-refractivity contribution in [3.63, 3.8) is 0 Å². The van der Waals surface area contributed by atoms with Crippen LogP contribution < -0.4 is 9.47 Å². The molecule has 0 fully saturated rings. The van der Waals surface area contributed by atoms with E-state index in [1.807, 2.05) is 53.1 Å². The number of aromatic nitrogens is 4. The fourth-order valence-electron chi connectivity index (χ4n) is 10.4. The molecule has 0 unspecified atom stereocenters. The molecule has 0 spiro atoms. The first-order chi connectivity index (χ1) is 53.4. The van der Waals surface area contributed by atoms with Gasteiger partial charge in [0.05, 0.1) is 24.9 Å². The molecule has 0 saturated heterocycles. The first kappa shape index (κ1) is 25.2. The van der Waals surface area contributed by atoms with Crippen LogP contribution in [0.25, 0.3) is 72.3 Å². The van der Waals surface area contributed by atoms with E-state index in [0.29, 0.717) is 22.7 Å². The molecule has 8 aromatic carbocycles. The van der Waals surface area contributed by atoms with Crippen molar-refractivity contribution in [1.82, 2.24) is 14.1 Å². The van der Waals surface area contributed by atoms with Crippen LogP contribution in [0.5, 0.6) is 0 Å². The minimum Gasteiger partial charge on any atom is -0.359 e. The topological polar surface area (TPSA) is 29.9 Å². The first-order valence-corrected chi connectivity index (χ1v) is 25.1. The minimum absolute atomic E-state index is 0. The number of nitrogens with zero attached hydrogens (tertiary/aromatic N) is 5. The maximum atomic E-state index is 10.5. The minimum atomic E-state index is -4.86. The average Bonchev–Trinajstić information content (AvgIpc) is 0.708. The van der Waals surface area contributed by atoms with Gasteiger partial charge in [-0.25, -0.2) is 4.98 Å². The number of anilines is 3. The Kier molecular flexibility index (Phi) is 6.13. The van der Waals surface area contributed by atoms with Crippen molar-refractivity contribution >= 4 is 49.9 Å². The molecule has 0 radical (unpaired) electrons. The maximum absolute atomic E-state index is 10.5. The summed E-state index contributed by atoms with van der Waals surface area (Å²) in [6, 6.07) is 34.3. The number of pyridine rings is 1. The van der Waals surface area contributed by atoms with Crippen LogP contribution in [0.15, 0.2) is 182 Å². The van der Waals surface area contributed by atoms with Gasteiger partial charge >= 0.3 is 0 Å². The third kappa shape index (κ3) is 8.96. The van der Waals surface area contributed by atoms with E-state index >= 15 is 0 Å². The molecule has 6 heteroatoms. The molecule has 404 valence electrons. The number of imidazole rings is 1. The summed E-state index contributed by atoms with van der Waals surface area (Å²) >= 11 is 0. The van der Waals surface area contributed by atoms with Crippen LogP contribution >= 0.6 is 0 Å². The van der Waals surface area contributed by atoms with Gasteiger partial charge in [-0.15, -0.1) is 23.6 Å². The van der Waals surface area contributed by atoms with Crippen LogP contribution in [-0.4, -0.2) is 14.1 Å². The number of hydrogen-bond acceptors (Lipinski definition) is 2. The monoisotopic (exact) mass is 1260 g/mol. The van der Waals surface area contributed by atoms with Crippen molar-refractivity contribution in [3.8, 4) is 39.4 Å². The molecule has 2 aliphatic carbocycles. The van der Waals surface area contributed by atoms with Crippen molar-refractivity contribution in [2.24, 2.45) is 0 Å². The van der Waals surface area contributed by atoms with E-state index in [-0.39, 0.29) is 48.9 Å². The van der Waals surface area contributed by atoms with Crippen LogP contribution in [0, 0.1) is 18.5 Å². The number of hydrogen-bond donors (Lipinski definition) is 0. The van der Waals surface area contributed by atoms with E-state index in [1.54, 1.807) is 53.6 Å². The normalized spacial score (nSPS) is 26.8. The van der Waals surface area contributed by atoms with E-state index in [2.05, 4.69) is 39.2 Å². The molecule has 3 aromatic heterocycles. The van der Waals surface area contributed by atoms with E-state index in [9.17, 15) is 19.2 Å². The molecule has 11 aromatic rings. The van der Waals surface area contributed by atoms with Gasteiger partial charge < -0.3 is 14.0 Å². The Morgan fingerprint density at radius 3 is 1.80 bits per heavy atom. The largest absolute Gasteiger partial charge is 0.359 e. The molecular weight excluding hydrogens is 1150 g/mol.